The van der Waals surface area contributed by atoms with Gasteiger partial charge < -0.3 is 0 Å². The van der Waals surface area contributed by atoms with E-state index in [1.165, 1.54) is 12.1 Å². The molecular weight excluding hydrogens is 471 g/mol. The summed E-state index contributed by atoms with van der Waals surface area (Å²) in [5.41, 5.74) is 2.75. The predicted molar refractivity (Wildman–Crippen MR) is 128 cm³/mol. The average Bonchev–Trinajstić information content (AvgIpc) is 2.70. The minimum absolute atomic E-state index is 0.0124. The van der Waals surface area contributed by atoms with Gasteiger partial charge in [0.25, 0.3) is 0 Å². The van der Waals surface area contributed by atoms with Crippen molar-refractivity contribution in [1.29, 1.82) is 0 Å². The summed E-state index contributed by atoms with van der Waals surface area (Å²) in [5.74, 6) is -1.06. The van der Waals surface area contributed by atoms with Crippen LogP contribution in [0.5, 0.6) is 0 Å². The lowest BCUT2D eigenvalue weighted by Gasteiger charge is -2.47. The first-order valence-corrected chi connectivity index (χ1v) is 12.7. The molecule has 0 N–H and O–H groups in total. The third-order valence-electron chi connectivity index (χ3n) is 5.99. The maximum Gasteiger partial charge on any atom is 0.126 e. The van der Waals surface area contributed by atoms with Crippen molar-refractivity contribution in [3.8, 4) is 0 Å². The van der Waals surface area contributed by atoms with E-state index in [0.717, 1.165) is 30.3 Å². The van der Waals surface area contributed by atoms with Crippen LogP contribution in [0.25, 0.3) is 0 Å². The maximum atomic E-state index is 13.6. The second kappa shape index (κ2) is 10.0. The third-order valence-corrected chi connectivity index (χ3v) is 7.89. The van der Waals surface area contributed by atoms with Crippen molar-refractivity contribution in [3.05, 3.63) is 105 Å². The van der Waals surface area contributed by atoms with Crippen LogP contribution >= 0.6 is 23.2 Å². The summed E-state index contributed by atoms with van der Waals surface area (Å²) in [6.07, 6.45) is 2.04. The zero-order valence-corrected chi connectivity index (χ0v) is 19.8. The summed E-state index contributed by atoms with van der Waals surface area (Å²) in [7, 11) is -1.13. The highest BCUT2D eigenvalue weighted by atomic mass is 35.5. The predicted octanol–water partition coefficient (Wildman–Crippen LogP) is 6.28. The molecule has 7 heteroatoms. The van der Waals surface area contributed by atoms with Gasteiger partial charge in [0.2, 0.25) is 0 Å². The summed E-state index contributed by atoms with van der Waals surface area (Å²) in [5, 5.41) is 1.17. The van der Waals surface area contributed by atoms with E-state index >= 15 is 0 Å². The minimum atomic E-state index is -1.13. The van der Waals surface area contributed by atoms with Gasteiger partial charge in [0.15, 0.2) is 0 Å². The van der Waals surface area contributed by atoms with Crippen LogP contribution in [0, 0.1) is 17.6 Å². The standard InChI is InChI=1S/C25H23Cl2F2NOS/c1-32(31)24(12-16-10-22(28)13-23(29)11-16)19-14-30(15-19)25(17-2-6-20(26)7-3-17)18-4-8-21(27)9-5-18/h2-11,13,19,24-25H,12,14-15H2,1H3. The van der Waals surface area contributed by atoms with E-state index in [1.807, 2.05) is 48.5 Å². The molecule has 0 aromatic heterocycles. The fourth-order valence-corrected chi connectivity index (χ4v) is 5.81. The van der Waals surface area contributed by atoms with E-state index in [9.17, 15) is 13.0 Å². The largest absolute Gasteiger partial charge is 0.292 e. The SMILES string of the molecule is CS(=O)C(Cc1cc(F)cc(F)c1)C1CN(C(c2ccc(Cl)cc2)c2ccc(Cl)cc2)C1. The van der Waals surface area contributed by atoms with Gasteiger partial charge >= 0.3 is 0 Å². The van der Waals surface area contributed by atoms with Gasteiger partial charge in [-0.15, -0.1) is 0 Å². The molecule has 1 aliphatic rings. The maximum absolute atomic E-state index is 13.6. The lowest BCUT2D eigenvalue weighted by atomic mass is 9.87. The van der Waals surface area contributed by atoms with Crippen LogP contribution in [-0.2, 0) is 17.2 Å². The number of rotatable bonds is 7. The third kappa shape index (κ3) is 5.40. The zero-order valence-electron chi connectivity index (χ0n) is 17.5. The number of likely N-dealkylation sites (tertiary alicyclic amines) is 1. The molecule has 0 bridgehead atoms. The molecule has 0 saturated carbocycles. The van der Waals surface area contributed by atoms with Crippen LogP contribution in [-0.4, -0.2) is 33.7 Å². The first-order chi connectivity index (χ1) is 15.3. The molecule has 0 radical (unpaired) electrons. The molecule has 4 rings (SSSR count). The van der Waals surface area contributed by atoms with Crippen molar-refractivity contribution in [3.63, 3.8) is 0 Å². The smallest absolute Gasteiger partial charge is 0.126 e. The van der Waals surface area contributed by atoms with Crippen LogP contribution in [0.4, 0.5) is 8.78 Å². The summed E-state index contributed by atoms with van der Waals surface area (Å²) in [6.45, 7) is 1.47. The van der Waals surface area contributed by atoms with Crippen molar-refractivity contribution in [2.24, 2.45) is 5.92 Å². The Morgan fingerprint density at radius 2 is 1.38 bits per heavy atom. The first kappa shape index (κ1) is 23.4. The first-order valence-electron chi connectivity index (χ1n) is 10.3. The molecule has 32 heavy (non-hydrogen) atoms. The molecule has 1 heterocycles. The van der Waals surface area contributed by atoms with E-state index in [2.05, 4.69) is 4.90 Å². The summed E-state index contributed by atoms with van der Waals surface area (Å²) in [6, 6.07) is 19.1. The lowest BCUT2D eigenvalue weighted by molar-refractivity contribution is 0.0664. The Morgan fingerprint density at radius 1 is 0.906 bits per heavy atom. The highest BCUT2D eigenvalue weighted by Crippen LogP contribution is 2.37. The number of halogens is 4. The molecule has 168 valence electrons. The van der Waals surface area contributed by atoms with Gasteiger partial charge in [-0.05, 0) is 65.4 Å². The second-order valence-electron chi connectivity index (χ2n) is 8.24. The van der Waals surface area contributed by atoms with E-state index < -0.39 is 22.4 Å². The Bertz CT molecular complexity index is 1040. The summed E-state index contributed by atoms with van der Waals surface area (Å²) < 4.78 is 39.8. The van der Waals surface area contributed by atoms with Crippen LogP contribution in [0.1, 0.15) is 22.7 Å². The molecular formula is C25H23Cl2F2NOS. The van der Waals surface area contributed by atoms with Crippen molar-refractivity contribution in [2.75, 3.05) is 19.3 Å². The van der Waals surface area contributed by atoms with Crippen molar-refractivity contribution in [1.82, 2.24) is 4.90 Å². The number of nitrogens with zero attached hydrogens (tertiary/aromatic N) is 1. The molecule has 3 aromatic rings. The Morgan fingerprint density at radius 3 is 1.81 bits per heavy atom. The van der Waals surface area contributed by atoms with E-state index in [-0.39, 0.29) is 17.2 Å². The van der Waals surface area contributed by atoms with E-state index in [4.69, 9.17) is 23.2 Å². The fraction of sp³-hybridized carbons (Fsp3) is 0.280. The van der Waals surface area contributed by atoms with Crippen molar-refractivity contribution in [2.45, 2.75) is 17.7 Å². The normalized spacial score (nSPS) is 16.7. The Labute approximate surface area is 199 Å². The Kier molecular flexibility index (Phi) is 7.30. The molecule has 0 spiro atoms. The van der Waals surface area contributed by atoms with E-state index in [1.54, 1.807) is 6.26 Å². The average molecular weight is 494 g/mol. The second-order valence-corrected chi connectivity index (χ2v) is 10.7. The highest BCUT2D eigenvalue weighted by Gasteiger charge is 2.39. The number of hydrogen-bond donors (Lipinski definition) is 0. The lowest BCUT2D eigenvalue weighted by Crippen LogP contribution is -2.54. The molecule has 0 aliphatic carbocycles. The molecule has 1 fully saturated rings. The van der Waals surface area contributed by atoms with Gasteiger partial charge in [-0.25, -0.2) is 8.78 Å². The van der Waals surface area contributed by atoms with E-state index in [0.29, 0.717) is 22.0 Å². The minimum Gasteiger partial charge on any atom is -0.292 e. The Balaban J connectivity index is 1.54. The van der Waals surface area contributed by atoms with Gasteiger partial charge in [-0.1, -0.05) is 47.5 Å². The highest BCUT2D eigenvalue weighted by molar-refractivity contribution is 7.84. The number of hydrogen-bond acceptors (Lipinski definition) is 2. The Hall–Kier alpha value is -1.79. The monoisotopic (exact) mass is 493 g/mol. The molecule has 0 amide bonds. The van der Waals surface area contributed by atoms with Crippen LogP contribution in [0.3, 0.4) is 0 Å². The topological polar surface area (TPSA) is 20.3 Å². The molecule has 2 nitrogen and oxygen atoms in total. The van der Waals surface area contributed by atoms with Gasteiger partial charge in [0.05, 0.1) is 6.04 Å². The quantitative estimate of drug-likeness (QED) is 0.385. The van der Waals surface area contributed by atoms with Crippen LogP contribution in [0.2, 0.25) is 10.0 Å². The van der Waals surface area contributed by atoms with Gasteiger partial charge in [0, 0.05) is 51.5 Å². The molecule has 1 aliphatic heterocycles. The molecule has 3 aromatic carbocycles. The molecule has 2 unspecified atom stereocenters. The fourth-order valence-electron chi connectivity index (χ4n) is 4.42. The summed E-state index contributed by atoms with van der Waals surface area (Å²) in [4.78, 5) is 2.32. The molecule has 1 saturated heterocycles. The van der Waals surface area contributed by atoms with Crippen LogP contribution in [0.15, 0.2) is 66.7 Å². The summed E-state index contributed by atoms with van der Waals surface area (Å²) >= 11 is 12.2. The van der Waals surface area contributed by atoms with Gasteiger partial charge in [-0.2, -0.15) is 0 Å². The van der Waals surface area contributed by atoms with Crippen LogP contribution < -0.4 is 0 Å². The zero-order chi connectivity index (χ0) is 22.8. The number of benzene rings is 3. The van der Waals surface area contributed by atoms with Crippen molar-refractivity contribution >= 4 is 34.0 Å². The van der Waals surface area contributed by atoms with Gasteiger partial charge in [0.1, 0.15) is 11.6 Å². The van der Waals surface area contributed by atoms with Crippen molar-refractivity contribution < 1.29 is 13.0 Å². The molecule has 2 atom stereocenters. The van der Waals surface area contributed by atoms with Gasteiger partial charge in [-0.3, -0.25) is 9.11 Å².